The van der Waals surface area contributed by atoms with Crippen molar-refractivity contribution in [2.24, 2.45) is 5.73 Å². The number of nitrogens with zero attached hydrogens (tertiary/aromatic N) is 2. The molecule has 0 aliphatic carbocycles. The summed E-state index contributed by atoms with van der Waals surface area (Å²) in [5.41, 5.74) is 10.2. The van der Waals surface area contributed by atoms with Crippen LogP contribution in [0.5, 0.6) is 0 Å². The smallest absolute Gasteiger partial charge is 0.255 e. The van der Waals surface area contributed by atoms with Crippen molar-refractivity contribution < 1.29 is 4.79 Å². The largest absolute Gasteiger partial charge is 0.344 e. The zero-order chi connectivity index (χ0) is 16.4. The van der Waals surface area contributed by atoms with Crippen LogP contribution in [0.1, 0.15) is 40.2 Å². The molecule has 1 amide bonds. The lowest BCUT2D eigenvalue weighted by molar-refractivity contribution is 0.0714. The molecule has 1 saturated heterocycles. The third kappa shape index (κ3) is 3.32. The van der Waals surface area contributed by atoms with E-state index in [9.17, 15) is 4.79 Å². The molecule has 0 radical (unpaired) electrons. The van der Waals surface area contributed by atoms with Gasteiger partial charge in [-0.1, -0.05) is 30.3 Å². The molecule has 1 aromatic heterocycles. The quantitative estimate of drug-likeness (QED) is 0.947. The van der Waals surface area contributed by atoms with E-state index in [1.807, 2.05) is 36.1 Å². The first-order chi connectivity index (χ1) is 11.1. The average molecular weight is 311 g/mol. The number of carbonyl (C=O) groups is 1. The predicted molar refractivity (Wildman–Crippen MR) is 92.6 cm³/mol. The van der Waals surface area contributed by atoms with E-state index >= 15 is 0 Å². The van der Waals surface area contributed by atoms with Gasteiger partial charge < -0.3 is 15.2 Å². The molecule has 1 aliphatic rings. The molecule has 1 aromatic carbocycles. The van der Waals surface area contributed by atoms with Gasteiger partial charge in [-0.15, -0.1) is 0 Å². The summed E-state index contributed by atoms with van der Waals surface area (Å²) in [4.78, 5) is 14.8. The number of hydrogen-bond donors (Lipinski definition) is 1. The van der Waals surface area contributed by atoms with Crippen LogP contribution in [0.4, 0.5) is 0 Å². The molecule has 4 heteroatoms. The van der Waals surface area contributed by atoms with E-state index in [0.717, 1.165) is 49.4 Å². The van der Waals surface area contributed by atoms with Gasteiger partial charge in [0.25, 0.3) is 5.91 Å². The molecule has 1 fully saturated rings. The van der Waals surface area contributed by atoms with Crippen LogP contribution in [0, 0.1) is 13.8 Å². The van der Waals surface area contributed by atoms with Crippen LogP contribution in [-0.2, 0) is 6.54 Å². The first-order valence-electron chi connectivity index (χ1n) is 8.32. The summed E-state index contributed by atoms with van der Waals surface area (Å²) in [5.74, 6) is 0.143. The first-order valence-corrected chi connectivity index (χ1v) is 8.32. The van der Waals surface area contributed by atoms with Crippen LogP contribution in [0.25, 0.3) is 0 Å². The highest BCUT2D eigenvalue weighted by molar-refractivity contribution is 5.95. The Morgan fingerprint density at radius 2 is 1.83 bits per heavy atom. The van der Waals surface area contributed by atoms with E-state index in [1.54, 1.807) is 0 Å². The van der Waals surface area contributed by atoms with Gasteiger partial charge in [0.2, 0.25) is 0 Å². The summed E-state index contributed by atoms with van der Waals surface area (Å²) in [6.07, 6.45) is 1.79. The molecular weight excluding hydrogens is 286 g/mol. The summed E-state index contributed by atoms with van der Waals surface area (Å²) in [6.45, 7) is 6.44. The number of piperidine rings is 1. The number of aryl methyl sites for hydroxylation is 1. The molecule has 2 heterocycles. The normalized spacial score (nSPS) is 15.9. The third-order valence-electron chi connectivity index (χ3n) is 4.81. The standard InChI is InChI=1S/C19H25N3O/c1-14-12-18(19(23)21-10-8-17(20)9-11-21)15(2)22(14)13-16-6-4-3-5-7-16/h3-7,12,17H,8-11,13,20H2,1-2H3. The molecular formula is C19H25N3O. The van der Waals surface area contributed by atoms with Crippen LogP contribution in [0.15, 0.2) is 36.4 Å². The Morgan fingerprint density at radius 3 is 2.48 bits per heavy atom. The van der Waals surface area contributed by atoms with Crippen molar-refractivity contribution in [3.63, 3.8) is 0 Å². The van der Waals surface area contributed by atoms with E-state index in [4.69, 9.17) is 5.73 Å². The number of carbonyl (C=O) groups excluding carboxylic acids is 1. The molecule has 122 valence electrons. The van der Waals surface area contributed by atoms with Crippen molar-refractivity contribution in [2.75, 3.05) is 13.1 Å². The minimum atomic E-state index is 0.143. The molecule has 0 spiro atoms. The second-order valence-electron chi connectivity index (χ2n) is 6.49. The Kier molecular flexibility index (Phi) is 4.53. The van der Waals surface area contributed by atoms with Gasteiger partial charge in [-0.05, 0) is 38.3 Å². The van der Waals surface area contributed by atoms with Crippen LogP contribution >= 0.6 is 0 Å². The molecule has 4 nitrogen and oxygen atoms in total. The fourth-order valence-corrected chi connectivity index (χ4v) is 3.30. The fourth-order valence-electron chi connectivity index (χ4n) is 3.30. The molecule has 3 rings (SSSR count). The number of benzene rings is 1. The summed E-state index contributed by atoms with van der Waals surface area (Å²) in [5, 5.41) is 0. The Morgan fingerprint density at radius 1 is 1.17 bits per heavy atom. The van der Waals surface area contributed by atoms with Gasteiger partial charge in [0, 0.05) is 37.1 Å². The number of rotatable bonds is 3. The molecule has 23 heavy (non-hydrogen) atoms. The van der Waals surface area contributed by atoms with Crippen molar-refractivity contribution >= 4 is 5.91 Å². The fraction of sp³-hybridized carbons (Fsp3) is 0.421. The molecule has 0 saturated carbocycles. The zero-order valence-electron chi connectivity index (χ0n) is 14.0. The van der Waals surface area contributed by atoms with Crippen molar-refractivity contribution in [1.82, 2.24) is 9.47 Å². The SMILES string of the molecule is Cc1cc(C(=O)N2CCC(N)CC2)c(C)n1Cc1ccccc1. The molecule has 1 aliphatic heterocycles. The van der Waals surface area contributed by atoms with Crippen LogP contribution in [0.2, 0.25) is 0 Å². The van der Waals surface area contributed by atoms with Crippen molar-refractivity contribution in [3.8, 4) is 0 Å². The van der Waals surface area contributed by atoms with Crippen molar-refractivity contribution in [2.45, 2.75) is 39.3 Å². The number of aromatic nitrogens is 1. The van der Waals surface area contributed by atoms with Gasteiger partial charge >= 0.3 is 0 Å². The van der Waals surface area contributed by atoms with Crippen LogP contribution < -0.4 is 5.73 Å². The first kappa shape index (κ1) is 15.8. The Labute approximate surface area is 137 Å². The topological polar surface area (TPSA) is 51.3 Å². The maximum absolute atomic E-state index is 12.8. The minimum Gasteiger partial charge on any atom is -0.344 e. The van der Waals surface area contributed by atoms with Crippen LogP contribution in [0.3, 0.4) is 0 Å². The number of amides is 1. The summed E-state index contributed by atoms with van der Waals surface area (Å²) in [7, 11) is 0. The number of hydrogen-bond acceptors (Lipinski definition) is 2. The zero-order valence-corrected chi connectivity index (χ0v) is 14.0. The average Bonchev–Trinajstić information content (AvgIpc) is 2.84. The van der Waals surface area contributed by atoms with Gasteiger partial charge in [0.05, 0.1) is 5.56 Å². The maximum atomic E-state index is 12.8. The minimum absolute atomic E-state index is 0.143. The highest BCUT2D eigenvalue weighted by Gasteiger charge is 2.24. The van der Waals surface area contributed by atoms with Gasteiger partial charge in [0.1, 0.15) is 0 Å². The van der Waals surface area contributed by atoms with E-state index in [2.05, 4.69) is 23.6 Å². The number of nitrogens with two attached hydrogens (primary N) is 1. The van der Waals surface area contributed by atoms with E-state index < -0.39 is 0 Å². The van der Waals surface area contributed by atoms with E-state index in [0.29, 0.717) is 0 Å². The Hall–Kier alpha value is -2.07. The molecule has 2 aromatic rings. The lowest BCUT2D eigenvalue weighted by atomic mass is 10.1. The highest BCUT2D eigenvalue weighted by atomic mass is 16.2. The third-order valence-corrected chi connectivity index (χ3v) is 4.81. The second-order valence-corrected chi connectivity index (χ2v) is 6.49. The summed E-state index contributed by atoms with van der Waals surface area (Å²) in [6, 6.07) is 12.6. The molecule has 2 N–H and O–H groups in total. The second kappa shape index (κ2) is 6.59. The summed E-state index contributed by atoms with van der Waals surface area (Å²) >= 11 is 0. The van der Waals surface area contributed by atoms with Crippen molar-refractivity contribution in [3.05, 3.63) is 58.9 Å². The highest BCUT2D eigenvalue weighted by Crippen LogP contribution is 2.20. The molecule has 0 unspecified atom stereocenters. The van der Waals surface area contributed by atoms with Gasteiger partial charge in [-0.3, -0.25) is 4.79 Å². The van der Waals surface area contributed by atoms with E-state index in [-0.39, 0.29) is 11.9 Å². The van der Waals surface area contributed by atoms with Gasteiger partial charge in [0.15, 0.2) is 0 Å². The molecule has 0 bridgehead atoms. The Bertz CT molecular complexity index is 682. The summed E-state index contributed by atoms with van der Waals surface area (Å²) < 4.78 is 2.22. The monoisotopic (exact) mass is 311 g/mol. The van der Waals surface area contributed by atoms with E-state index in [1.165, 1.54) is 5.56 Å². The number of likely N-dealkylation sites (tertiary alicyclic amines) is 1. The predicted octanol–water partition coefficient (Wildman–Crippen LogP) is 2.72. The van der Waals surface area contributed by atoms with Crippen LogP contribution in [-0.4, -0.2) is 34.5 Å². The molecule has 0 atom stereocenters. The maximum Gasteiger partial charge on any atom is 0.255 e. The van der Waals surface area contributed by atoms with Gasteiger partial charge in [-0.2, -0.15) is 0 Å². The van der Waals surface area contributed by atoms with Gasteiger partial charge in [-0.25, -0.2) is 0 Å². The lowest BCUT2D eigenvalue weighted by Crippen LogP contribution is -2.42. The Balaban J connectivity index is 1.81. The van der Waals surface area contributed by atoms with Crippen molar-refractivity contribution in [1.29, 1.82) is 0 Å². The lowest BCUT2D eigenvalue weighted by Gasteiger charge is -2.30.